The van der Waals surface area contributed by atoms with Crippen LogP contribution in [0.4, 0.5) is 0 Å². The van der Waals surface area contributed by atoms with Crippen molar-refractivity contribution in [1.29, 1.82) is 0 Å². The maximum absolute atomic E-state index is 13.1. The third-order valence-corrected chi connectivity index (χ3v) is 25.6. The smallest absolute Gasteiger partial charge is 0.463 e. The molecule has 768 valence electrons. The Morgan fingerprint density at radius 3 is 0.632 bits per heavy atom. The fourth-order valence-corrected chi connectivity index (χ4v) is 17.0. The van der Waals surface area contributed by atoms with Crippen LogP contribution in [0.5, 0.6) is 0 Å². The zero-order valence-corrected chi connectivity index (χ0v) is 87.2. The summed E-state index contributed by atoms with van der Waals surface area (Å²) in [4.78, 5) is 59.3. The minimum atomic E-state index is -4.95. The predicted molar refractivity (Wildman–Crippen MR) is 565 cm³/mol. The third-order valence-electron chi connectivity index (χ3n) is 23.7. The van der Waals surface area contributed by atoms with Gasteiger partial charge < -0.3 is 34.2 Å². The van der Waals surface area contributed by atoms with Gasteiger partial charge in [-0.2, -0.15) is 0 Å². The van der Waals surface area contributed by atoms with Gasteiger partial charge in [0.25, 0.3) is 0 Å². The Balaban J connectivity index is 4.56. The number of aliphatic hydroxyl groups is 2. The van der Waals surface area contributed by atoms with Gasteiger partial charge in [0, 0.05) is 19.3 Å². The van der Waals surface area contributed by atoms with E-state index >= 15 is 0 Å². The van der Waals surface area contributed by atoms with Crippen LogP contribution in [0.1, 0.15) is 496 Å². The molecule has 133 heavy (non-hydrogen) atoms. The second-order valence-corrected chi connectivity index (χ2v) is 39.6. The van der Waals surface area contributed by atoms with Gasteiger partial charge in [-0.1, -0.05) is 481 Å². The highest BCUT2D eigenvalue weighted by atomic mass is 31.2. The van der Waals surface area contributed by atoms with E-state index in [0.29, 0.717) is 19.3 Å². The number of hydrogen-bond acceptors (Lipinski definition) is 14. The van der Waals surface area contributed by atoms with E-state index in [1.54, 1.807) is 0 Å². The van der Waals surface area contributed by atoms with Crippen molar-refractivity contribution < 1.29 is 75.8 Å². The number of aliphatic hydroxyl groups excluding tert-OH is 2. The Labute approximate surface area is 816 Å². The van der Waals surface area contributed by atoms with Crippen LogP contribution in [0, 0.1) is 0 Å². The van der Waals surface area contributed by atoms with Crippen molar-refractivity contribution in [2.24, 2.45) is 0 Å². The lowest BCUT2D eigenvalue weighted by Gasteiger charge is -2.21. The number of ether oxygens (including phenoxy) is 3. The first kappa shape index (κ1) is 128. The number of allylic oxidation sites excluding steroid dienone is 26. The van der Waals surface area contributed by atoms with Crippen LogP contribution in [0.25, 0.3) is 0 Å². The molecule has 0 bridgehead atoms. The molecule has 4 N–H and O–H groups in total. The molecule has 0 aliphatic rings. The molecule has 0 aromatic heterocycles. The molecular weight excluding hydrogens is 1700 g/mol. The van der Waals surface area contributed by atoms with E-state index in [-0.39, 0.29) is 19.3 Å². The molecule has 0 saturated carbocycles. The molecule has 0 saturated heterocycles. The van der Waals surface area contributed by atoms with Gasteiger partial charge >= 0.3 is 33.6 Å². The highest BCUT2D eigenvalue weighted by Gasteiger charge is 2.30. The summed E-state index contributed by atoms with van der Waals surface area (Å²) in [6.07, 6.45) is 139. The Bertz CT molecular complexity index is 3050. The summed E-state index contributed by atoms with van der Waals surface area (Å²) < 4.78 is 61.8. The van der Waals surface area contributed by atoms with E-state index in [9.17, 15) is 43.5 Å². The first-order chi connectivity index (χ1) is 65.2. The topological polar surface area (TPSA) is 231 Å². The second kappa shape index (κ2) is 106. The van der Waals surface area contributed by atoms with Crippen LogP contribution in [0.2, 0.25) is 0 Å². The average Bonchev–Trinajstić information content (AvgIpc) is 0.898. The van der Waals surface area contributed by atoms with Gasteiger partial charge in [-0.15, -0.1) is 0 Å². The number of phosphoric acid groups is 2. The summed E-state index contributed by atoms with van der Waals surface area (Å²) >= 11 is 0. The molecule has 0 aliphatic carbocycles. The highest BCUT2D eigenvalue weighted by Crippen LogP contribution is 2.45. The van der Waals surface area contributed by atoms with Crippen molar-refractivity contribution in [3.63, 3.8) is 0 Å². The van der Waals surface area contributed by atoms with Gasteiger partial charge in [-0.3, -0.25) is 32.5 Å². The largest absolute Gasteiger partial charge is 0.472 e. The average molecular weight is 1900 g/mol. The Morgan fingerprint density at radius 1 is 0.218 bits per heavy atom. The summed E-state index contributed by atoms with van der Waals surface area (Å²) in [5.41, 5.74) is 0. The lowest BCUT2D eigenvalue weighted by Crippen LogP contribution is -2.30. The van der Waals surface area contributed by atoms with Crippen LogP contribution < -0.4 is 0 Å². The summed E-state index contributed by atoms with van der Waals surface area (Å²) in [5.74, 6) is -1.55. The molecule has 0 rings (SSSR count). The summed E-state index contributed by atoms with van der Waals surface area (Å²) in [7, 11) is -9.82. The Hall–Kier alpha value is -4.83. The first-order valence-electron chi connectivity index (χ1n) is 54.8. The number of unbranched alkanes of at least 4 members (excludes halogenated alkanes) is 55. The Morgan fingerprint density at radius 2 is 0.398 bits per heavy atom. The molecule has 0 aromatic carbocycles. The minimum absolute atomic E-state index is 0.0996. The molecule has 5 atom stereocenters. The van der Waals surface area contributed by atoms with Crippen molar-refractivity contribution in [2.75, 3.05) is 39.6 Å². The molecule has 5 unspecified atom stereocenters. The number of carbonyl (C=O) groups is 3. The minimum Gasteiger partial charge on any atom is -0.463 e. The summed E-state index contributed by atoms with van der Waals surface area (Å²) in [6.45, 7) is 2.61. The molecule has 0 heterocycles. The van der Waals surface area contributed by atoms with Crippen LogP contribution in [0.3, 0.4) is 0 Å². The van der Waals surface area contributed by atoms with E-state index in [0.717, 1.165) is 141 Å². The van der Waals surface area contributed by atoms with Crippen LogP contribution in [0.15, 0.2) is 158 Å². The molecule has 0 radical (unpaired) electrons. The van der Waals surface area contributed by atoms with Crippen molar-refractivity contribution in [2.45, 2.75) is 514 Å². The van der Waals surface area contributed by atoms with Crippen molar-refractivity contribution >= 4 is 33.6 Å². The number of esters is 3. The van der Waals surface area contributed by atoms with E-state index in [1.165, 1.54) is 295 Å². The fraction of sp³-hybridized carbons (Fsp3) is 0.748. The molecule has 18 heteroatoms. The molecule has 0 fully saturated rings. The number of phosphoric ester groups is 2. The highest BCUT2D eigenvalue weighted by molar-refractivity contribution is 7.47. The third kappa shape index (κ3) is 107. The lowest BCUT2D eigenvalue weighted by atomic mass is 10.0. The maximum Gasteiger partial charge on any atom is 0.472 e. The molecule has 0 spiro atoms. The molecule has 16 nitrogen and oxygen atoms in total. The number of carbonyl (C=O) groups excluding carboxylic acids is 3. The fourth-order valence-electron chi connectivity index (χ4n) is 15.5. The Kier molecular flexibility index (Phi) is 102. The van der Waals surface area contributed by atoms with E-state index in [4.69, 9.17) is 32.3 Å². The van der Waals surface area contributed by atoms with Gasteiger partial charge in [0.05, 0.1) is 26.4 Å². The van der Waals surface area contributed by atoms with Crippen LogP contribution >= 0.6 is 15.6 Å². The van der Waals surface area contributed by atoms with E-state index < -0.39 is 91.5 Å². The van der Waals surface area contributed by atoms with E-state index in [1.807, 2.05) is 0 Å². The van der Waals surface area contributed by atoms with Gasteiger partial charge in [-0.25, -0.2) is 9.13 Å². The quantitative estimate of drug-likeness (QED) is 0.0146. The first-order valence-corrected chi connectivity index (χ1v) is 57.8. The summed E-state index contributed by atoms with van der Waals surface area (Å²) in [6, 6.07) is 0. The second-order valence-electron chi connectivity index (χ2n) is 36.7. The van der Waals surface area contributed by atoms with Gasteiger partial charge in [0.2, 0.25) is 0 Å². The lowest BCUT2D eigenvalue weighted by molar-refractivity contribution is -0.161. The maximum atomic E-state index is 13.1. The zero-order chi connectivity index (χ0) is 96.4. The standard InChI is InChI=1S/C115H202O16P2/c1-4-7-10-13-16-19-22-25-28-31-34-37-40-43-46-48-50-52-54-56-58-60-63-65-68-71-74-77-80-83-86-89-92-95-98-101-113(118)125-104-110(116)105-127-132(121,122)128-106-111(117)107-129-133(123,124)130-109-112(131-115(120)103-100-97-94-91-88-85-82-79-76-73-70-67-62-45-42-39-36-33-30-27-24-21-18-15-12-9-6-3)108-126-114(119)102-99-96-93-90-87-84-81-78-75-72-69-66-64-61-59-57-55-53-51-49-47-44-41-38-35-32-29-26-23-20-17-14-11-8-5-2/h9,12,16-21,25-30,34-39,43-47,62,110-112,116-117H,4-8,10-11,13-15,22-24,31-33,40-42,48-61,63-109H2,1-3H3,(H,121,122)(H,123,124)/b12-9-,19-16-,20-17-,21-18-,28-25-,29-26-,30-27-,37-34-,38-35-,39-36-,46-43-,47-44-,62-45-. The predicted octanol–water partition coefficient (Wildman–Crippen LogP) is 35.1. The summed E-state index contributed by atoms with van der Waals surface area (Å²) in [5, 5.41) is 20.8. The normalized spacial score (nSPS) is 14.2. The SMILES string of the molecule is CC/C=C\C/C=C\C/C=C\C/C=C\C/C=C\CCCCCCCCCCCCCC(=O)OC(COC(=O)CCCCCCCCCCCCCCCCCCCCC/C=C\C/C=C\C/C=C\C/C=C\CCCCC)COP(=O)(O)OCC(O)COP(=O)(O)OCC(O)COC(=O)CCCCCCCCCCCCCCCCCCCCC/C=C\C/C=C\C/C=C\C/C=C\CCCCC. The number of hydrogen-bond donors (Lipinski definition) is 4. The number of rotatable bonds is 104. The monoisotopic (exact) mass is 1900 g/mol. The van der Waals surface area contributed by atoms with Gasteiger partial charge in [0.1, 0.15) is 25.4 Å². The zero-order valence-electron chi connectivity index (χ0n) is 85.4. The van der Waals surface area contributed by atoms with E-state index in [2.05, 4.69) is 179 Å². The van der Waals surface area contributed by atoms with Crippen LogP contribution in [-0.2, 0) is 55.8 Å². The van der Waals surface area contributed by atoms with Crippen molar-refractivity contribution in [3.05, 3.63) is 158 Å². The molecular formula is C115H202O16P2. The van der Waals surface area contributed by atoms with Gasteiger partial charge in [0.15, 0.2) is 6.10 Å². The van der Waals surface area contributed by atoms with Crippen molar-refractivity contribution in [3.8, 4) is 0 Å². The molecule has 0 amide bonds. The van der Waals surface area contributed by atoms with Crippen molar-refractivity contribution in [1.82, 2.24) is 0 Å². The van der Waals surface area contributed by atoms with Gasteiger partial charge in [-0.05, 0) is 154 Å². The molecule has 0 aromatic rings. The molecule has 0 aliphatic heterocycles. The van der Waals surface area contributed by atoms with Crippen LogP contribution in [-0.4, -0.2) is 95.9 Å².